The molecular formula is C21H23N3. The van der Waals surface area contributed by atoms with Crippen LogP contribution in [0.15, 0.2) is 41.7 Å². The maximum absolute atomic E-state index is 4.50. The van der Waals surface area contributed by atoms with E-state index in [2.05, 4.69) is 39.0 Å². The summed E-state index contributed by atoms with van der Waals surface area (Å²) in [6.07, 6.45) is 16.0. The molecule has 0 radical (unpaired) electrons. The van der Waals surface area contributed by atoms with Crippen molar-refractivity contribution in [3.8, 4) is 11.8 Å². The van der Waals surface area contributed by atoms with Crippen LogP contribution in [0.3, 0.4) is 0 Å². The van der Waals surface area contributed by atoms with Crippen LogP contribution in [0.25, 0.3) is 0 Å². The Morgan fingerprint density at radius 3 is 2.71 bits per heavy atom. The van der Waals surface area contributed by atoms with Crippen LogP contribution in [-0.4, -0.2) is 28.3 Å². The Balaban J connectivity index is 1.49. The first kappa shape index (κ1) is 14.3. The molecule has 0 saturated heterocycles. The topological polar surface area (TPSA) is 28.5 Å². The van der Waals surface area contributed by atoms with Gasteiger partial charge < -0.3 is 4.90 Å². The average molecular weight is 317 g/mol. The van der Waals surface area contributed by atoms with Gasteiger partial charge in [0.2, 0.25) is 0 Å². The molecule has 0 aromatic carbocycles. The van der Waals surface area contributed by atoms with E-state index in [0.29, 0.717) is 0 Å². The number of aromatic nitrogens is 1. The van der Waals surface area contributed by atoms with Gasteiger partial charge in [-0.25, -0.2) is 4.98 Å². The number of pyridine rings is 1. The molecule has 24 heavy (non-hydrogen) atoms. The predicted molar refractivity (Wildman–Crippen MR) is 95.3 cm³/mol. The normalized spacial score (nSPS) is 38.9. The maximum atomic E-state index is 4.50. The van der Waals surface area contributed by atoms with Crippen LogP contribution in [-0.2, 0) is 0 Å². The fourth-order valence-electron chi connectivity index (χ4n) is 6.02. The Labute approximate surface area is 143 Å². The van der Waals surface area contributed by atoms with Gasteiger partial charge in [-0.2, -0.15) is 0 Å². The van der Waals surface area contributed by atoms with Crippen LogP contribution in [0.4, 0.5) is 0 Å². The minimum atomic E-state index is 0.191. The van der Waals surface area contributed by atoms with Gasteiger partial charge in [0.25, 0.3) is 0 Å². The van der Waals surface area contributed by atoms with Gasteiger partial charge in [0, 0.05) is 29.6 Å². The highest BCUT2D eigenvalue weighted by molar-refractivity contribution is 5.71. The molecule has 4 saturated carbocycles. The number of hydrogen-bond acceptors (Lipinski definition) is 3. The lowest BCUT2D eigenvalue weighted by atomic mass is 9.46. The second-order valence-electron chi connectivity index (χ2n) is 8.22. The molecule has 122 valence electrons. The zero-order valence-electron chi connectivity index (χ0n) is 14.0. The van der Waals surface area contributed by atoms with Crippen molar-refractivity contribution in [1.82, 2.24) is 9.88 Å². The fourth-order valence-corrected chi connectivity index (χ4v) is 6.02. The van der Waals surface area contributed by atoms with E-state index in [9.17, 15) is 0 Å². The third-order valence-corrected chi connectivity index (χ3v) is 6.45. The number of nitrogens with zero attached hydrogens (tertiary/aromatic N) is 3. The van der Waals surface area contributed by atoms with E-state index in [1.807, 2.05) is 30.6 Å². The molecule has 1 aromatic heterocycles. The van der Waals surface area contributed by atoms with Crippen molar-refractivity contribution in [3.63, 3.8) is 0 Å². The van der Waals surface area contributed by atoms with Gasteiger partial charge in [0.05, 0.1) is 0 Å². The monoisotopic (exact) mass is 317 g/mol. The lowest BCUT2D eigenvalue weighted by Crippen LogP contribution is -2.61. The van der Waals surface area contributed by atoms with Crippen molar-refractivity contribution >= 4 is 6.21 Å². The summed E-state index contributed by atoms with van der Waals surface area (Å²) in [7, 11) is 0. The Hall–Kier alpha value is -2.08. The van der Waals surface area contributed by atoms with Gasteiger partial charge in [0.1, 0.15) is 12.4 Å². The van der Waals surface area contributed by atoms with Crippen molar-refractivity contribution in [2.75, 3.05) is 6.67 Å². The van der Waals surface area contributed by atoms with Crippen LogP contribution in [0, 0.1) is 29.1 Å². The van der Waals surface area contributed by atoms with E-state index in [0.717, 1.165) is 24.2 Å². The molecule has 2 atom stereocenters. The Morgan fingerprint density at radius 1 is 1.12 bits per heavy atom. The molecule has 3 nitrogen and oxygen atoms in total. The van der Waals surface area contributed by atoms with Crippen molar-refractivity contribution in [2.24, 2.45) is 22.2 Å². The Kier molecular flexibility index (Phi) is 3.10. The van der Waals surface area contributed by atoms with Gasteiger partial charge in [0.15, 0.2) is 0 Å². The van der Waals surface area contributed by atoms with Crippen LogP contribution in [0.1, 0.15) is 44.2 Å². The number of rotatable bonds is 1. The molecule has 2 heterocycles. The summed E-state index contributed by atoms with van der Waals surface area (Å²) in [5.41, 5.74) is 1.39. The fraction of sp³-hybridized carbons (Fsp3) is 0.524. The molecule has 6 rings (SSSR count). The minimum absolute atomic E-state index is 0.191. The first-order valence-corrected chi connectivity index (χ1v) is 9.13. The lowest BCUT2D eigenvalue weighted by Gasteiger charge is -2.63. The van der Waals surface area contributed by atoms with E-state index in [4.69, 9.17) is 0 Å². The Bertz CT molecular complexity index is 738. The number of allylic oxidation sites excluding steroid dienone is 1. The highest BCUT2D eigenvalue weighted by atomic mass is 15.3. The molecular weight excluding hydrogens is 294 g/mol. The summed E-state index contributed by atoms with van der Waals surface area (Å²) in [5, 5.41) is 0. The first-order chi connectivity index (χ1) is 11.8. The second-order valence-corrected chi connectivity index (χ2v) is 8.22. The second kappa shape index (κ2) is 5.21. The van der Waals surface area contributed by atoms with Crippen molar-refractivity contribution in [3.05, 3.63) is 42.4 Å². The molecule has 4 aliphatic carbocycles. The van der Waals surface area contributed by atoms with Gasteiger partial charge in [-0.3, -0.25) is 4.99 Å². The predicted octanol–water partition coefficient (Wildman–Crippen LogP) is 3.63. The van der Waals surface area contributed by atoms with Crippen LogP contribution in [0.2, 0.25) is 0 Å². The van der Waals surface area contributed by atoms with Crippen LogP contribution >= 0.6 is 0 Å². The third-order valence-electron chi connectivity index (χ3n) is 6.45. The van der Waals surface area contributed by atoms with E-state index >= 15 is 0 Å². The molecule has 0 N–H and O–H groups in total. The first-order valence-electron chi connectivity index (χ1n) is 9.13. The summed E-state index contributed by atoms with van der Waals surface area (Å²) >= 11 is 0. The van der Waals surface area contributed by atoms with Crippen molar-refractivity contribution in [1.29, 1.82) is 0 Å². The molecule has 0 amide bonds. The molecule has 1 aromatic rings. The third kappa shape index (κ3) is 2.28. The summed E-state index contributed by atoms with van der Waals surface area (Å²) in [4.78, 5) is 11.4. The summed E-state index contributed by atoms with van der Waals surface area (Å²) in [6.45, 7) is 0.819. The zero-order valence-corrected chi connectivity index (χ0v) is 14.0. The summed E-state index contributed by atoms with van der Waals surface area (Å²) < 4.78 is 0. The van der Waals surface area contributed by atoms with E-state index in [-0.39, 0.29) is 11.0 Å². The van der Waals surface area contributed by atoms with E-state index in [1.165, 1.54) is 38.5 Å². The lowest BCUT2D eigenvalue weighted by molar-refractivity contribution is -0.0957. The van der Waals surface area contributed by atoms with Gasteiger partial charge >= 0.3 is 0 Å². The molecule has 4 bridgehead atoms. The number of aliphatic imine (C=N–C) groups is 1. The van der Waals surface area contributed by atoms with Crippen molar-refractivity contribution < 1.29 is 0 Å². The molecule has 1 aliphatic heterocycles. The van der Waals surface area contributed by atoms with Crippen molar-refractivity contribution in [2.45, 2.75) is 44.1 Å². The SMILES string of the molecule is C(#CC12CC3CC(C1)CC(N1C=CC=NC1)(C3)C2)c1ccccn1. The minimum Gasteiger partial charge on any atom is -0.353 e. The average Bonchev–Trinajstić information content (AvgIpc) is 2.61. The van der Waals surface area contributed by atoms with Gasteiger partial charge in [-0.15, -0.1) is 0 Å². The molecule has 5 aliphatic rings. The van der Waals surface area contributed by atoms with E-state index in [1.54, 1.807) is 0 Å². The molecule has 0 spiro atoms. The largest absolute Gasteiger partial charge is 0.353 e. The molecule has 3 heteroatoms. The van der Waals surface area contributed by atoms with Crippen LogP contribution < -0.4 is 0 Å². The number of hydrogen-bond donors (Lipinski definition) is 0. The smallest absolute Gasteiger partial charge is 0.113 e. The maximum Gasteiger partial charge on any atom is 0.113 e. The summed E-state index contributed by atoms with van der Waals surface area (Å²) in [6, 6.07) is 5.99. The highest BCUT2D eigenvalue weighted by Crippen LogP contribution is 2.63. The quantitative estimate of drug-likeness (QED) is 0.740. The highest BCUT2D eigenvalue weighted by Gasteiger charge is 2.59. The summed E-state index contributed by atoms with van der Waals surface area (Å²) in [5.74, 6) is 8.77. The molecule has 2 unspecified atom stereocenters. The zero-order chi connectivity index (χ0) is 16.0. The van der Waals surface area contributed by atoms with Gasteiger partial charge in [-0.05, 0) is 74.5 Å². The van der Waals surface area contributed by atoms with E-state index < -0.39 is 0 Å². The standard InChI is InChI=1S/C21H23N3/c1-2-8-23-19(4-1)5-6-20-11-17-10-18(12-20)14-21(13-17,15-20)24-9-3-7-22-16-24/h1-4,7-9,17-18H,10-16H2. The van der Waals surface area contributed by atoms with Crippen LogP contribution in [0.5, 0.6) is 0 Å². The van der Waals surface area contributed by atoms with Gasteiger partial charge in [-0.1, -0.05) is 12.0 Å². The molecule has 4 fully saturated rings. The Morgan fingerprint density at radius 2 is 2.00 bits per heavy atom.